The average Bonchev–Trinajstić information content (AvgIpc) is 3.76. The summed E-state index contributed by atoms with van der Waals surface area (Å²) in [5.74, 6) is 2.04. The van der Waals surface area contributed by atoms with Gasteiger partial charge in [0.25, 0.3) is 0 Å². The molecule has 10 nitrogen and oxygen atoms in total. The number of aliphatic hydroxyl groups excluding tert-OH is 1. The Morgan fingerprint density at radius 1 is 0.925 bits per heavy atom. The number of aromatic nitrogens is 3. The Kier molecular flexibility index (Phi) is 12.7. The summed E-state index contributed by atoms with van der Waals surface area (Å²) < 4.78 is 20.9. The predicted molar refractivity (Wildman–Crippen MR) is 206 cm³/mol. The van der Waals surface area contributed by atoms with E-state index in [1.807, 2.05) is 49.1 Å². The van der Waals surface area contributed by atoms with Crippen LogP contribution in [0.1, 0.15) is 51.9 Å². The summed E-state index contributed by atoms with van der Waals surface area (Å²) >= 11 is 6.89. The van der Waals surface area contributed by atoms with Crippen molar-refractivity contribution in [1.82, 2.24) is 24.6 Å². The van der Waals surface area contributed by atoms with Crippen LogP contribution in [0, 0.1) is 25.2 Å². The van der Waals surface area contributed by atoms with Gasteiger partial charge in [0.05, 0.1) is 29.0 Å². The lowest BCUT2D eigenvalue weighted by Gasteiger charge is -2.21. The van der Waals surface area contributed by atoms with E-state index in [9.17, 15) is 10.4 Å². The molecule has 0 spiro atoms. The van der Waals surface area contributed by atoms with Crippen LogP contribution in [-0.2, 0) is 33.4 Å². The number of hydrogen-bond acceptors (Lipinski definition) is 9. The molecule has 0 radical (unpaired) electrons. The number of nitriles is 1. The minimum Gasteiger partial charge on any atom is -0.493 e. The van der Waals surface area contributed by atoms with Gasteiger partial charge in [-0.05, 0) is 85.8 Å². The Hall–Kier alpha value is -4.92. The zero-order valence-corrected chi connectivity index (χ0v) is 31.6. The quantitative estimate of drug-likeness (QED) is 0.105. The number of pyridine rings is 1. The maximum atomic E-state index is 9.81. The fourth-order valence-electron chi connectivity index (χ4n) is 6.75. The van der Waals surface area contributed by atoms with Crippen LogP contribution in [0.5, 0.6) is 17.2 Å². The maximum Gasteiger partial charge on any atom is 0.142 e. The molecule has 3 aromatic carbocycles. The van der Waals surface area contributed by atoms with Gasteiger partial charge < -0.3 is 24.2 Å². The topological polar surface area (TPSA) is 109 Å². The van der Waals surface area contributed by atoms with Gasteiger partial charge >= 0.3 is 0 Å². The van der Waals surface area contributed by atoms with Crippen molar-refractivity contribution >= 4 is 11.6 Å². The molecule has 5 aromatic rings. The third-order valence-corrected chi connectivity index (χ3v) is 10.1. The van der Waals surface area contributed by atoms with E-state index < -0.39 is 0 Å². The smallest absolute Gasteiger partial charge is 0.142 e. The summed E-state index contributed by atoms with van der Waals surface area (Å²) in [5, 5.41) is 23.9. The second-order valence-electron chi connectivity index (χ2n) is 13.7. The summed E-state index contributed by atoms with van der Waals surface area (Å²) in [6.45, 7) is 9.28. The van der Waals surface area contributed by atoms with Gasteiger partial charge in [-0.3, -0.25) is 14.6 Å². The SMILES string of the molecule is Cc1c(COc2cc(OCc3cncc(C#N)c3)c(CN(C)Cc3ccnn3C)cc2Cl)cccc1-c1cccc(OCCCN2CC[C@@H](O)C2)c1C. The van der Waals surface area contributed by atoms with Gasteiger partial charge in [0.2, 0.25) is 0 Å². The van der Waals surface area contributed by atoms with Crippen molar-refractivity contribution in [2.75, 3.05) is 33.3 Å². The van der Waals surface area contributed by atoms with Crippen molar-refractivity contribution in [2.45, 2.75) is 59.1 Å². The molecule has 1 saturated heterocycles. The first-order valence-electron chi connectivity index (χ1n) is 18.0. The standard InChI is InChI=1S/C42H47ClN6O4/c1-29-33(8-5-9-37(29)38-10-6-11-40(30(38)2)51-17-7-15-49-16-13-36(50)26-49)28-53-42-20-41(52-27-32-18-31(21-44)22-45-23-32)34(19-39(42)43)24-47(3)25-35-12-14-46-48(35)4/h5-6,8-12,14,18-20,22-23,36,50H,7,13,15-17,24-28H2,1-4H3/t36-/m1/s1. The molecule has 53 heavy (non-hydrogen) atoms. The summed E-state index contributed by atoms with van der Waals surface area (Å²) in [4.78, 5) is 8.65. The fourth-order valence-corrected chi connectivity index (χ4v) is 6.99. The molecule has 1 aliphatic heterocycles. The lowest BCUT2D eigenvalue weighted by Crippen LogP contribution is -2.24. The van der Waals surface area contributed by atoms with Gasteiger partial charge in [-0.15, -0.1) is 0 Å². The van der Waals surface area contributed by atoms with Gasteiger partial charge in [-0.2, -0.15) is 10.4 Å². The molecule has 1 N–H and O–H groups in total. The van der Waals surface area contributed by atoms with E-state index in [0.717, 1.165) is 82.9 Å². The maximum absolute atomic E-state index is 9.81. The average molecular weight is 735 g/mol. The van der Waals surface area contributed by atoms with E-state index in [0.29, 0.717) is 48.4 Å². The molecule has 276 valence electrons. The van der Waals surface area contributed by atoms with Crippen molar-refractivity contribution in [3.8, 4) is 34.4 Å². The third kappa shape index (κ3) is 9.75. The van der Waals surface area contributed by atoms with Crippen molar-refractivity contribution in [2.24, 2.45) is 7.05 Å². The highest BCUT2D eigenvalue weighted by Gasteiger charge is 2.20. The Bertz CT molecular complexity index is 2060. The van der Waals surface area contributed by atoms with Gasteiger partial charge in [0, 0.05) is 75.6 Å². The number of rotatable bonds is 16. The predicted octanol–water partition coefficient (Wildman–Crippen LogP) is 7.25. The normalized spacial score (nSPS) is 14.4. The van der Waals surface area contributed by atoms with Gasteiger partial charge in [0.15, 0.2) is 0 Å². The van der Waals surface area contributed by atoms with Crippen molar-refractivity contribution in [3.05, 3.63) is 123 Å². The van der Waals surface area contributed by atoms with Crippen LogP contribution >= 0.6 is 11.6 Å². The van der Waals surface area contributed by atoms with E-state index in [4.69, 9.17) is 25.8 Å². The molecular weight excluding hydrogens is 688 g/mol. The van der Waals surface area contributed by atoms with Crippen LogP contribution < -0.4 is 14.2 Å². The molecule has 1 fully saturated rings. The molecule has 2 aromatic heterocycles. The molecular formula is C42H47ClN6O4. The van der Waals surface area contributed by atoms with Crippen molar-refractivity contribution < 1.29 is 19.3 Å². The molecule has 1 aliphatic rings. The second-order valence-corrected chi connectivity index (χ2v) is 14.2. The molecule has 1 atom stereocenters. The largest absolute Gasteiger partial charge is 0.493 e. The van der Waals surface area contributed by atoms with Crippen LogP contribution in [0.15, 0.2) is 79.3 Å². The molecule has 0 amide bonds. The van der Waals surface area contributed by atoms with Gasteiger partial charge in [0.1, 0.15) is 36.5 Å². The lowest BCUT2D eigenvalue weighted by molar-refractivity contribution is 0.173. The Labute approximate surface area is 317 Å². The van der Waals surface area contributed by atoms with E-state index >= 15 is 0 Å². The van der Waals surface area contributed by atoms with E-state index in [1.165, 1.54) is 6.20 Å². The highest BCUT2D eigenvalue weighted by atomic mass is 35.5. The Balaban J connectivity index is 1.17. The molecule has 0 unspecified atom stereocenters. The van der Waals surface area contributed by atoms with Crippen molar-refractivity contribution in [3.63, 3.8) is 0 Å². The Morgan fingerprint density at radius 3 is 2.47 bits per heavy atom. The highest BCUT2D eigenvalue weighted by Crippen LogP contribution is 2.37. The number of likely N-dealkylation sites (tertiary alicyclic amines) is 1. The van der Waals surface area contributed by atoms with E-state index in [1.54, 1.807) is 18.5 Å². The number of aryl methyl sites for hydroxylation is 1. The zero-order valence-electron chi connectivity index (χ0n) is 30.9. The number of β-amino-alcohol motifs (C(OH)–C–C–N with tert-alkyl or cyclic N) is 1. The molecule has 11 heteroatoms. The summed E-state index contributed by atoms with van der Waals surface area (Å²) in [5.41, 5.74) is 8.74. The minimum absolute atomic E-state index is 0.201. The molecule has 0 aliphatic carbocycles. The van der Waals surface area contributed by atoms with Gasteiger partial charge in [-0.25, -0.2) is 0 Å². The summed E-state index contributed by atoms with van der Waals surface area (Å²) in [6, 6.07) is 22.1. The number of ether oxygens (including phenoxy) is 3. The fraction of sp³-hybridized carbons (Fsp3) is 0.357. The van der Waals surface area contributed by atoms with Crippen LogP contribution in [-0.4, -0.2) is 69.1 Å². The lowest BCUT2D eigenvalue weighted by atomic mass is 9.93. The number of aliphatic hydroxyl groups is 1. The molecule has 0 bridgehead atoms. The molecule has 6 rings (SSSR count). The first-order chi connectivity index (χ1) is 25.7. The van der Waals surface area contributed by atoms with Crippen LogP contribution in [0.4, 0.5) is 0 Å². The van der Waals surface area contributed by atoms with Crippen LogP contribution in [0.3, 0.4) is 0 Å². The summed E-state index contributed by atoms with van der Waals surface area (Å²) in [7, 11) is 3.97. The monoisotopic (exact) mass is 734 g/mol. The third-order valence-electron chi connectivity index (χ3n) is 9.76. The number of benzene rings is 3. The first-order valence-corrected chi connectivity index (χ1v) is 18.4. The number of hydrogen-bond donors (Lipinski definition) is 1. The van der Waals surface area contributed by atoms with E-state index in [-0.39, 0.29) is 12.7 Å². The van der Waals surface area contributed by atoms with Crippen LogP contribution in [0.2, 0.25) is 5.02 Å². The van der Waals surface area contributed by atoms with Gasteiger partial charge in [-0.1, -0.05) is 41.9 Å². The van der Waals surface area contributed by atoms with Crippen molar-refractivity contribution in [1.29, 1.82) is 5.26 Å². The van der Waals surface area contributed by atoms with Crippen LogP contribution in [0.25, 0.3) is 11.1 Å². The minimum atomic E-state index is -0.201. The molecule has 0 saturated carbocycles. The zero-order chi connectivity index (χ0) is 37.3. The van der Waals surface area contributed by atoms with E-state index in [2.05, 4.69) is 64.1 Å². The number of nitrogens with zero attached hydrogens (tertiary/aromatic N) is 6. The highest BCUT2D eigenvalue weighted by molar-refractivity contribution is 6.32. The first kappa shape index (κ1) is 37.8. The summed E-state index contributed by atoms with van der Waals surface area (Å²) in [6.07, 6.45) is 6.58. The number of halogens is 1. The second kappa shape index (κ2) is 17.7. The Morgan fingerprint density at radius 2 is 1.72 bits per heavy atom. The molecule has 3 heterocycles.